The largest absolute Gasteiger partial charge is 0.378 e. The fraction of sp³-hybridized carbons (Fsp3) is 0.750. The molecule has 1 unspecified atom stereocenters. The van der Waals surface area contributed by atoms with Crippen LogP contribution in [0.5, 0.6) is 0 Å². The van der Waals surface area contributed by atoms with Gasteiger partial charge in [0.2, 0.25) is 5.82 Å². The van der Waals surface area contributed by atoms with E-state index in [1.165, 1.54) is 0 Å². The molecular weight excluding hydrogens is 246 g/mol. The lowest BCUT2D eigenvalue weighted by Gasteiger charge is -2.23. The number of rotatable bonds is 3. The van der Waals surface area contributed by atoms with Crippen LogP contribution in [-0.2, 0) is 10.2 Å². The van der Waals surface area contributed by atoms with Crippen molar-refractivity contribution in [3.05, 3.63) is 11.6 Å². The molecule has 3 N–H and O–H groups in total. The molecule has 1 saturated heterocycles. The highest BCUT2D eigenvalue weighted by molar-refractivity contribution is 5.90. The first-order valence-corrected chi connectivity index (χ1v) is 6.49. The minimum Gasteiger partial charge on any atom is -0.378 e. The summed E-state index contributed by atoms with van der Waals surface area (Å²) in [7, 11) is 0. The van der Waals surface area contributed by atoms with E-state index in [1.807, 2.05) is 20.8 Å². The lowest BCUT2D eigenvalue weighted by molar-refractivity contribution is 0.0732. The Bertz CT molecular complexity index is 432. The molecule has 1 fully saturated rings. The molecule has 1 aliphatic heterocycles. The van der Waals surface area contributed by atoms with E-state index in [2.05, 4.69) is 25.8 Å². The molecule has 7 nitrogen and oxygen atoms in total. The summed E-state index contributed by atoms with van der Waals surface area (Å²) in [5.41, 5.74) is -0.149. The zero-order valence-electron chi connectivity index (χ0n) is 11.6. The maximum absolute atomic E-state index is 11.9. The van der Waals surface area contributed by atoms with Crippen molar-refractivity contribution in [2.24, 2.45) is 0 Å². The molecule has 1 atom stereocenters. The van der Waals surface area contributed by atoms with Crippen LogP contribution in [0.1, 0.15) is 37.2 Å². The Labute approximate surface area is 112 Å². The van der Waals surface area contributed by atoms with E-state index in [0.717, 1.165) is 13.2 Å². The van der Waals surface area contributed by atoms with Crippen molar-refractivity contribution in [1.82, 2.24) is 25.8 Å². The highest BCUT2D eigenvalue weighted by Gasteiger charge is 2.22. The van der Waals surface area contributed by atoms with Crippen LogP contribution in [0.3, 0.4) is 0 Å². The van der Waals surface area contributed by atoms with Crippen molar-refractivity contribution >= 4 is 5.91 Å². The first kappa shape index (κ1) is 14.0. The molecule has 0 radical (unpaired) electrons. The molecule has 0 bridgehead atoms. The molecule has 7 heteroatoms. The molecule has 19 heavy (non-hydrogen) atoms. The zero-order chi connectivity index (χ0) is 13.9. The monoisotopic (exact) mass is 267 g/mol. The predicted octanol–water partition coefficient (Wildman–Crippen LogP) is -0.180. The van der Waals surface area contributed by atoms with Crippen molar-refractivity contribution in [3.8, 4) is 0 Å². The molecule has 1 amide bonds. The Morgan fingerprint density at radius 2 is 2.32 bits per heavy atom. The number of carbonyl (C=O) groups is 1. The van der Waals surface area contributed by atoms with Crippen molar-refractivity contribution < 1.29 is 9.53 Å². The van der Waals surface area contributed by atoms with Gasteiger partial charge >= 0.3 is 0 Å². The van der Waals surface area contributed by atoms with E-state index in [-0.39, 0.29) is 23.2 Å². The summed E-state index contributed by atoms with van der Waals surface area (Å²) >= 11 is 0. The van der Waals surface area contributed by atoms with Gasteiger partial charge in [0.25, 0.3) is 5.91 Å². The SMILES string of the molecule is CC(C)(C)c1nc(C(=O)NCC2COCCN2)n[nH]1. The molecule has 0 spiro atoms. The third-order valence-electron chi connectivity index (χ3n) is 2.91. The highest BCUT2D eigenvalue weighted by atomic mass is 16.5. The molecule has 2 rings (SSSR count). The number of nitrogens with one attached hydrogen (secondary N) is 3. The van der Waals surface area contributed by atoms with Crippen LogP contribution in [0.25, 0.3) is 0 Å². The number of carbonyl (C=O) groups excluding carboxylic acids is 1. The average molecular weight is 267 g/mol. The molecule has 0 saturated carbocycles. The molecule has 0 aliphatic carbocycles. The fourth-order valence-corrected chi connectivity index (χ4v) is 1.74. The van der Waals surface area contributed by atoms with Gasteiger partial charge in [-0.1, -0.05) is 20.8 Å². The highest BCUT2D eigenvalue weighted by Crippen LogP contribution is 2.17. The minimum absolute atomic E-state index is 0.149. The standard InChI is InChI=1S/C12H21N5O2/c1-12(2,3)11-15-9(16-17-11)10(18)14-6-8-7-19-5-4-13-8/h8,13H,4-7H2,1-3H3,(H,14,18)(H,15,16,17). The second kappa shape index (κ2) is 5.66. The molecule has 106 valence electrons. The van der Waals surface area contributed by atoms with E-state index >= 15 is 0 Å². The number of amides is 1. The number of nitrogens with zero attached hydrogens (tertiary/aromatic N) is 2. The van der Waals surface area contributed by atoms with Gasteiger partial charge in [0, 0.05) is 24.5 Å². The van der Waals surface area contributed by atoms with Crippen LogP contribution in [0.2, 0.25) is 0 Å². The Morgan fingerprint density at radius 1 is 1.53 bits per heavy atom. The van der Waals surface area contributed by atoms with Crippen molar-refractivity contribution in [1.29, 1.82) is 0 Å². The lowest BCUT2D eigenvalue weighted by atomic mass is 9.96. The smallest absolute Gasteiger partial charge is 0.291 e. The van der Waals surface area contributed by atoms with E-state index in [1.54, 1.807) is 0 Å². The number of hydrogen-bond donors (Lipinski definition) is 3. The second-order valence-corrected chi connectivity index (χ2v) is 5.69. The summed E-state index contributed by atoms with van der Waals surface area (Å²) in [5, 5.41) is 12.8. The van der Waals surface area contributed by atoms with Crippen molar-refractivity contribution in [2.45, 2.75) is 32.2 Å². The molecule has 2 heterocycles. The quantitative estimate of drug-likeness (QED) is 0.706. The van der Waals surface area contributed by atoms with Crippen LogP contribution in [0, 0.1) is 0 Å². The van der Waals surface area contributed by atoms with Gasteiger partial charge in [-0.3, -0.25) is 9.89 Å². The summed E-state index contributed by atoms with van der Waals surface area (Å²) in [6, 6.07) is 0.152. The number of morpholine rings is 1. The Balaban J connectivity index is 1.87. The first-order valence-electron chi connectivity index (χ1n) is 6.49. The average Bonchev–Trinajstić information content (AvgIpc) is 2.87. The summed E-state index contributed by atoms with van der Waals surface area (Å²) in [6.07, 6.45) is 0. The molecule has 1 aromatic rings. The van der Waals surface area contributed by atoms with Crippen LogP contribution in [0.4, 0.5) is 0 Å². The van der Waals surface area contributed by atoms with Crippen molar-refractivity contribution in [3.63, 3.8) is 0 Å². The van der Waals surface area contributed by atoms with Crippen molar-refractivity contribution in [2.75, 3.05) is 26.3 Å². The second-order valence-electron chi connectivity index (χ2n) is 5.69. The maximum atomic E-state index is 11.9. The number of aromatic amines is 1. The predicted molar refractivity (Wildman–Crippen MR) is 70.0 cm³/mol. The van der Waals surface area contributed by atoms with Gasteiger partial charge in [0.05, 0.1) is 13.2 Å². The van der Waals surface area contributed by atoms with Gasteiger partial charge in [0.1, 0.15) is 5.82 Å². The maximum Gasteiger partial charge on any atom is 0.291 e. The topological polar surface area (TPSA) is 91.9 Å². The van der Waals surface area contributed by atoms with E-state index in [0.29, 0.717) is 19.0 Å². The van der Waals surface area contributed by atoms with E-state index in [4.69, 9.17) is 4.74 Å². The lowest BCUT2D eigenvalue weighted by Crippen LogP contribution is -2.48. The van der Waals surface area contributed by atoms with E-state index < -0.39 is 0 Å². The Kier molecular flexibility index (Phi) is 4.16. The van der Waals surface area contributed by atoms with Crippen LogP contribution < -0.4 is 10.6 Å². The number of ether oxygens (including phenoxy) is 1. The van der Waals surface area contributed by atoms with Gasteiger partial charge in [-0.05, 0) is 0 Å². The van der Waals surface area contributed by atoms with Gasteiger partial charge in [-0.2, -0.15) is 0 Å². The third-order valence-corrected chi connectivity index (χ3v) is 2.91. The fourth-order valence-electron chi connectivity index (χ4n) is 1.74. The van der Waals surface area contributed by atoms with Gasteiger partial charge in [0.15, 0.2) is 0 Å². The van der Waals surface area contributed by atoms with Crippen LogP contribution in [0.15, 0.2) is 0 Å². The zero-order valence-corrected chi connectivity index (χ0v) is 11.6. The normalized spacial score (nSPS) is 20.3. The number of hydrogen-bond acceptors (Lipinski definition) is 5. The van der Waals surface area contributed by atoms with Gasteiger partial charge in [-0.25, -0.2) is 4.98 Å². The first-order chi connectivity index (χ1) is 8.97. The van der Waals surface area contributed by atoms with Crippen LogP contribution >= 0.6 is 0 Å². The number of aromatic nitrogens is 3. The van der Waals surface area contributed by atoms with Gasteiger partial charge in [-0.15, -0.1) is 5.10 Å². The molecule has 1 aromatic heterocycles. The summed E-state index contributed by atoms with van der Waals surface area (Å²) in [4.78, 5) is 16.1. The minimum atomic E-state index is -0.265. The summed E-state index contributed by atoms with van der Waals surface area (Å²) in [5.74, 6) is 0.623. The summed E-state index contributed by atoms with van der Waals surface area (Å²) < 4.78 is 5.32. The summed E-state index contributed by atoms with van der Waals surface area (Å²) in [6.45, 7) is 8.70. The molecule has 0 aromatic carbocycles. The number of H-pyrrole nitrogens is 1. The van der Waals surface area contributed by atoms with Gasteiger partial charge < -0.3 is 15.4 Å². The molecular formula is C12H21N5O2. The Hall–Kier alpha value is -1.47. The Morgan fingerprint density at radius 3 is 2.89 bits per heavy atom. The van der Waals surface area contributed by atoms with E-state index in [9.17, 15) is 4.79 Å². The third kappa shape index (κ3) is 3.74. The molecule has 1 aliphatic rings. The van der Waals surface area contributed by atoms with Crippen LogP contribution in [-0.4, -0.2) is 53.4 Å².